The van der Waals surface area contributed by atoms with E-state index in [4.69, 9.17) is 4.74 Å². The molecule has 0 bridgehead atoms. The Hall–Kier alpha value is -3.33. The number of hydrogen-bond donors (Lipinski definition) is 0. The van der Waals surface area contributed by atoms with Crippen molar-refractivity contribution in [2.24, 2.45) is 0 Å². The summed E-state index contributed by atoms with van der Waals surface area (Å²) >= 11 is 0. The van der Waals surface area contributed by atoms with Crippen molar-refractivity contribution in [1.82, 2.24) is 4.90 Å². The maximum atomic E-state index is 12.9. The number of benzene rings is 3. The lowest BCUT2D eigenvalue weighted by Gasteiger charge is -2.34. The first kappa shape index (κ1) is 17.7. The van der Waals surface area contributed by atoms with Gasteiger partial charge in [-0.1, -0.05) is 91.0 Å². The van der Waals surface area contributed by atoms with E-state index in [2.05, 4.69) is 41.3 Å². The monoisotopic (exact) mass is 381 g/mol. The van der Waals surface area contributed by atoms with Crippen molar-refractivity contribution in [1.29, 1.82) is 0 Å². The number of carbonyl (C=O) groups is 1. The lowest BCUT2D eigenvalue weighted by Crippen LogP contribution is -2.33. The van der Waals surface area contributed by atoms with Crippen LogP contribution in [0.3, 0.4) is 0 Å². The zero-order valence-corrected chi connectivity index (χ0v) is 16.3. The van der Waals surface area contributed by atoms with Crippen LogP contribution in [0.1, 0.15) is 29.5 Å². The first-order valence-electron chi connectivity index (χ1n) is 10.1. The van der Waals surface area contributed by atoms with Crippen LogP contribution in [0, 0.1) is 0 Å². The van der Waals surface area contributed by atoms with Gasteiger partial charge < -0.3 is 9.64 Å². The Morgan fingerprint density at radius 1 is 0.793 bits per heavy atom. The zero-order chi connectivity index (χ0) is 19.7. The number of hydrogen-bond acceptors (Lipinski definition) is 3. The van der Waals surface area contributed by atoms with E-state index in [9.17, 15) is 4.79 Å². The molecule has 0 saturated heterocycles. The summed E-state index contributed by atoms with van der Waals surface area (Å²) in [6.07, 6.45) is 1.11. The Balaban J connectivity index is 1.57. The first-order valence-corrected chi connectivity index (χ1v) is 10.1. The molecule has 0 unspecified atom stereocenters. The number of carbonyl (C=O) groups excluding carboxylic acids is 1. The Morgan fingerprint density at radius 3 is 1.93 bits per heavy atom. The average molecular weight is 381 g/mol. The summed E-state index contributed by atoms with van der Waals surface area (Å²) in [6.45, 7) is 1.43. The molecular weight excluding hydrogens is 358 g/mol. The fourth-order valence-corrected chi connectivity index (χ4v) is 4.41. The predicted molar refractivity (Wildman–Crippen MR) is 113 cm³/mol. The van der Waals surface area contributed by atoms with Crippen LogP contribution >= 0.6 is 0 Å². The topological polar surface area (TPSA) is 29.5 Å². The molecule has 3 heteroatoms. The van der Waals surface area contributed by atoms with Crippen molar-refractivity contribution < 1.29 is 9.53 Å². The lowest BCUT2D eigenvalue weighted by atomic mass is 9.81. The minimum Gasteiger partial charge on any atom is -0.462 e. The van der Waals surface area contributed by atoms with Gasteiger partial charge in [0.2, 0.25) is 0 Å². The summed E-state index contributed by atoms with van der Waals surface area (Å²) in [4.78, 5) is 15.1. The molecule has 2 heterocycles. The van der Waals surface area contributed by atoms with Gasteiger partial charge in [-0.25, -0.2) is 0 Å². The molecule has 144 valence electrons. The van der Waals surface area contributed by atoms with Crippen molar-refractivity contribution in [2.75, 3.05) is 6.54 Å². The third kappa shape index (κ3) is 3.13. The minimum absolute atomic E-state index is 0.207. The van der Waals surface area contributed by atoms with Crippen molar-refractivity contribution in [3.63, 3.8) is 0 Å². The van der Waals surface area contributed by atoms with E-state index >= 15 is 0 Å². The molecule has 2 aliphatic rings. The molecule has 0 fully saturated rings. The summed E-state index contributed by atoms with van der Waals surface area (Å²) < 4.78 is 6.77. The highest BCUT2D eigenvalue weighted by molar-refractivity contribution is 5.97. The van der Waals surface area contributed by atoms with E-state index in [1.54, 1.807) is 0 Å². The van der Waals surface area contributed by atoms with Crippen molar-refractivity contribution >= 4 is 5.78 Å². The van der Waals surface area contributed by atoms with Gasteiger partial charge in [0.05, 0.1) is 5.57 Å². The lowest BCUT2D eigenvalue weighted by molar-refractivity contribution is -0.117. The Kier molecular flexibility index (Phi) is 4.44. The number of ether oxygens (including phenoxy) is 1. The second-order valence-electron chi connectivity index (χ2n) is 7.70. The molecule has 2 aliphatic heterocycles. The van der Waals surface area contributed by atoms with E-state index in [0.717, 1.165) is 29.1 Å². The van der Waals surface area contributed by atoms with Gasteiger partial charge in [0.15, 0.2) is 17.3 Å². The van der Waals surface area contributed by atoms with Gasteiger partial charge in [-0.2, -0.15) is 0 Å². The Morgan fingerprint density at radius 2 is 1.34 bits per heavy atom. The van der Waals surface area contributed by atoms with Crippen LogP contribution in [0.5, 0.6) is 0 Å². The van der Waals surface area contributed by atoms with Crippen LogP contribution in [0.15, 0.2) is 102 Å². The molecule has 0 saturated carbocycles. The summed E-state index contributed by atoms with van der Waals surface area (Å²) in [7, 11) is 0. The van der Waals surface area contributed by atoms with Crippen molar-refractivity contribution in [3.05, 3.63) is 119 Å². The van der Waals surface area contributed by atoms with Crippen LogP contribution in [-0.4, -0.2) is 17.2 Å². The molecule has 0 atom stereocenters. The molecule has 3 aromatic carbocycles. The second kappa shape index (κ2) is 7.25. The highest BCUT2D eigenvalue weighted by Gasteiger charge is 2.48. The summed E-state index contributed by atoms with van der Waals surface area (Å²) in [5.74, 6) is 0.954. The largest absolute Gasteiger partial charge is 0.462 e. The third-order valence-electron chi connectivity index (χ3n) is 5.88. The van der Waals surface area contributed by atoms with Crippen LogP contribution in [0.25, 0.3) is 0 Å². The zero-order valence-electron chi connectivity index (χ0n) is 16.3. The van der Waals surface area contributed by atoms with Crippen LogP contribution in [0.2, 0.25) is 0 Å². The van der Waals surface area contributed by atoms with Crippen molar-refractivity contribution in [3.8, 4) is 0 Å². The first-order chi connectivity index (χ1) is 14.3. The molecule has 0 aliphatic carbocycles. The molecular formula is C26H23NO2. The van der Waals surface area contributed by atoms with Crippen LogP contribution < -0.4 is 0 Å². The van der Waals surface area contributed by atoms with E-state index in [-0.39, 0.29) is 5.78 Å². The van der Waals surface area contributed by atoms with Gasteiger partial charge in [0.25, 0.3) is 0 Å². The quantitative estimate of drug-likeness (QED) is 0.634. The molecule has 0 N–H and O–H groups in total. The summed E-state index contributed by atoms with van der Waals surface area (Å²) in [5.41, 5.74) is 3.53. The number of nitrogens with zero attached hydrogens (tertiary/aromatic N) is 1. The van der Waals surface area contributed by atoms with Gasteiger partial charge >= 0.3 is 0 Å². The fourth-order valence-electron chi connectivity index (χ4n) is 4.41. The third-order valence-corrected chi connectivity index (χ3v) is 5.88. The van der Waals surface area contributed by atoms with Gasteiger partial charge in [-0.05, 0) is 5.56 Å². The normalized spacial score (nSPS) is 17.8. The van der Waals surface area contributed by atoms with Gasteiger partial charge in [-0.15, -0.1) is 0 Å². The summed E-state index contributed by atoms with van der Waals surface area (Å²) in [5, 5.41) is 0. The highest BCUT2D eigenvalue weighted by atomic mass is 16.5. The fraction of sp³-hybridized carbons (Fsp3) is 0.192. The van der Waals surface area contributed by atoms with E-state index in [0.29, 0.717) is 19.4 Å². The molecule has 3 aromatic rings. The SMILES string of the molecule is O=C1CCN(Cc2ccccc2)C2=C1CC(c1ccccc1)(c1ccccc1)O2. The molecule has 5 rings (SSSR count). The molecule has 29 heavy (non-hydrogen) atoms. The smallest absolute Gasteiger partial charge is 0.198 e. The molecule has 0 radical (unpaired) electrons. The Bertz CT molecular complexity index is 1000. The predicted octanol–water partition coefficient (Wildman–Crippen LogP) is 5.04. The van der Waals surface area contributed by atoms with Gasteiger partial charge in [0, 0.05) is 37.1 Å². The van der Waals surface area contributed by atoms with Crippen molar-refractivity contribution in [2.45, 2.75) is 25.0 Å². The Labute approximate surface area is 171 Å². The van der Waals surface area contributed by atoms with Crippen LogP contribution in [-0.2, 0) is 21.7 Å². The van der Waals surface area contributed by atoms with E-state index in [1.807, 2.05) is 54.6 Å². The van der Waals surface area contributed by atoms with Crippen LogP contribution in [0.4, 0.5) is 0 Å². The summed E-state index contributed by atoms with van der Waals surface area (Å²) in [6, 6.07) is 30.9. The van der Waals surface area contributed by atoms with E-state index in [1.165, 1.54) is 5.56 Å². The second-order valence-corrected chi connectivity index (χ2v) is 7.70. The molecule has 0 spiro atoms. The highest BCUT2D eigenvalue weighted by Crippen LogP contribution is 2.49. The molecule has 3 nitrogen and oxygen atoms in total. The number of Topliss-reactive ketones (excluding diaryl/α,β-unsaturated/α-hetero) is 1. The van der Waals surface area contributed by atoms with Gasteiger partial charge in [0.1, 0.15) is 0 Å². The maximum absolute atomic E-state index is 12.9. The van der Waals surface area contributed by atoms with E-state index < -0.39 is 5.60 Å². The average Bonchev–Trinajstić information content (AvgIpc) is 3.21. The molecule has 0 amide bonds. The standard InChI is InChI=1S/C26H23NO2/c28-24-16-17-27(19-20-10-4-1-5-11-20)25-23(24)18-26(29-25,21-12-6-2-7-13-21)22-14-8-3-9-15-22/h1-15H,16-19H2. The number of ketones is 1. The number of rotatable bonds is 4. The maximum Gasteiger partial charge on any atom is 0.198 e. The van der Waals surface area contributed by atoms with Gasteiger partial charge in [-0.3, -0.25) is 4.79 Å². The molecule has 0 aromatic heterocycles. The minimum atomic E-state index is -0.665.